The van der Waals surface area contributed by atoms with Gasteiger partial charge in [-0.1, -0.05) is 44.0 Å². The average molecular weight is 404 g/mol. The number of oxazole rings is 1. The van der Waals surface area contributed by atoms with Crippen LogP contribution in [0, 0.1) is 5.82 Å². The maximum atomic E-state index is 14.5. The highest BCUT2D eigenvalue weighted by atomic mass is 35.5. The molecule has 0 bridgehead atoms. The van der Waals surface area contributed by atoms with Crippen LogP contribution in [-0.2, 0) is 10.2 Å². The molecule has 0 aliphatic carbocycles. The van der Waals surface area contributed by atoms with Gasteiger partial charge in [-0.2, -0.15) is 0 Å². The van der Waals surface area contributed by atoms with Crippen LogP contribution >= 0.6 is 23.2 Å². The number of hydrogen-bond donors (Lipinski definition) is 0. The molecule has 2 heterocycles. The molecule has 1 aromatic heterocycles. The van der Waals surface area contributed by atoms with Crippen molar-refractivity contribution in [2.24, 2.45) is 0 Å². The molecule has 142 valence electrons. The van der Waals surface area contributed by atoms with Crippen LogP contribution in [0.5, 0.6) is 5.75 Å². The largest absolute Gasteiger partial charge is 0.489 e. The standard InChI is InChI=1S/C18H20Cl2FNO4/c1-18(2,3)15-16(20)22(17(23)26-15)13-8-14(11(19)7-12(13)21)25-9-10-5-4-6-24-10/h7-8,10H,4-6,9H2,1-3H3. The Labute approximate surface area is 160 Å². The van der Waals surface area contributed by atoms with E-state index in [0.717, 1.165) is 23.5 Å². The fourth-order valence-electron chi connectivity index (χ4n) is 2.78. The number of halogens is 3. The van der Waals surface area contributed by atoms with Gasteiger partial charge in [0.15, 0.2) is 10.9 Å². The second-order valence-corrected chi connectivity index (χ2v) is 8.02. The number of aromatic nitrogens is 1. The minimum Gasteiger partial charge on any atom is -0.489 e. The van der Waals surface area contributed by atoms with Gasteiger partial charge in [0, 0.05) is 18.1 Å². The van der Waals surface area contributed by atoms with E-state index >= 15 is 0 Å². The van der Waals surface area contributed by atoms with Gasteiger partial charge in [0.1, 0.15) is 18.2 Å². The molecule has 0 saturated carbocycles. The van der Waals surface area contributed by atoms with E-state index < -0.39 is 17.0 Å². The molecule has 1 unspecified atom stereocenters. The van der Waals surface area contributed by atoms with Crippen LogP contribution in [0.4, 0.5) is 4.39 Å². The third-order valence-corrected chi connectivity index (χ3v) is 4.76. The highest BCUT2D eigenvalue weighted by molar-refractivity contribution is 6.32. The van der Waals surface area contributed by atoms with E-state index in [1.54, 1.807) is 0 Å². The molecule has 8 heteroatoms. The molecule has 0 radical (unpaired) electrons. The minimum absolute atomic E-state index is 0.0210. The Morgan fingerprint density at radius 1 is 1.35 bits per heavy atom. The summed E-state index contributed by atoms with van der Waals surface area (Å²) in [6.07, 6.45) is 1.85. The molecule has 1 atom stereocenters. The maximum Gasteiger partial charge on any atom is 0.425 e. The minimum atomic E-state index is -0.772. The number of benzene rings is 1. The van der Waals surface area contributed by atoms with Gasteiger partial charge in [-0.05, 0) is 18.9 Å². The molecule has 0 amide bonds. The molecule has 1 saturated heterocycles. The van der Waals surface area contributed by atoms with E-state index in [4.69, 9.17) is 37.1 Å². The fourth-order valence-corrected chi connectivity index (χ4v) is 3.47. The Balaban J connectivity index is 1.99. The summed E-state index contributed by atoms with van der Waals surface area (Å²) in [5.74, 6) is -0.948. The zero-order chi connectivity index (χ0) is 19.1. The summed E-state index contributed by atoms with van der Waals surface area (Å²) in [5.41, 5.74) is -0.588. The van der Waals surface area contributed by atoms with Crippen LogP contribution in [0.3, 0.4) is 0 Å². The summed E-state index contributed by atoms with van der Waals surface area (Å²) in [4.78, 5) is 12.3. The first-order chi connectivity index (χ1) is 12.2. The van der Waals surface area contributed by atoms with Crippen molar-refractivity contribution in [3.63, 3.8) is 0 Å². The van der Waals surface area contributed by atoms with E-state index in [9.17, 15) is 9.18 Å². The number of nitrogens with zero attached hydrogens (tertiary/aromatic N) is 1. The normalized spacial score (nSPS) is 17.7. The number of ether oxygens (including phenoxy) is 2. The Hall–Kier alpha value is -1.50. The van der Waals surface area contributed by atoms with E-state index in [1.807, 2.05) is 20.8 Å². The van der Waals surface area contributed by atoms with Crippen LogP contribution in [0.1, 0.15) is 39.4 Å². The van der Waals surface area contributed by atoms with Gasteiger partial charge < -0.3 is 13.9 Å². The van der Waals surface area contributed by atoms with Gasteiger partial charge in [-0.15, -0.1) is 0 Å². The Bertz CT molecular complexity index is 863. The zero-order valence-corrected chi connectivity index (χ0v) is 16.3. The lowest BCUT2D eigenvalue weighted by atomic mass is 9.94. The third-order valence-electron chi connectivity index (χ3n) is 4.13. The average Bonchev–Trinajstić information content (AvgIpc) is 3.15. The third kappa shape index (κ3) is 3.77. The predicted octanol–water partition coefficient (Wildman–Crippen LogP) is 4.73. The zero-order valence-electron chi connectivity index (χ0n) is 14.8. The smallest absolute Gasteiger partial charge is 0.425 e. The summed E-state index contributed by atoms with van der Waals surface area (Å²) in [7, 11) is 0. The van der Waals surface area contributed by atoms with E-state index in [2.05, 4.69) is 0 Å². The molecule has 1 fully saturated rings. The molecule has 1 aromatic carbocycles. The van der Waals surface area contributed by atoms with E-state index in [1.165, 1.54) is 6.07 Å². The van der Waals surface area contributed by atoms with Crippen molar-refractivity contribution in [3.8, 4) is 11.4 Å². The monoisotopic (exact) mass is 403 g/mol. The summed E-state index contributed by atoms with van der Waals surface area (Å²) in [5, 5.41) is 0.127. The van der Waals surface area contributed by atoms with Gasteiger partial charge in [-0.3, -0.25) is 0 Å². The predicted molar refractivity (Wildman–Crippen MR) is 97.5 cm³/mol. The van der Waals surface area contributed by atoms with Crippen molar-refractivity contribution in [2.75, 3.05) is 13.2 Å². The number of hydrogen-bond acceptors (Lipinski definition) is 4. The first kappa shape index (κ1) is 19.3. The fraction of sp³-hybridized carbons (Fsp3) is 0.500. The summed E-state index contributed by atoms with van der Waals surface area (Å²) < 4.78 is 31.9. The Kier molecular flexibility index (Phi) is 5.37. The van der Waals surface area contributed by atoms with Crippen molar-refractivity contribution in [1.29, 1.82) is 0 Å². The second-order valence-electron chi connectivity index (χ2n) is 7.25. The van der Waals surface area contributed by atoms with Crippen LogP contribution in [0.25, 0.3) is 5.69 Å². The Morgan fingerprint density at radius 2 is 2.08 bits per heavy atom. The lowest BCUT2D eigenvalue weighted by molar-refractivity contribution is 0.0679. The molecule has 1 aliphatic heterocycles. The molecular formula is C18H20Cl2FNO4. The van der Waals surface area contributed by atoms with Gasteiger partial charge in [-0.25, -0.2) is 13.8 Å². The summed E-state index contributed by atoms with van der Waals surface area (Å²) >= 11 is 12.4. The molecule has 2 aromatic rings. The molecule has 26 heavy (non-hydrogen) atoms. The molecule has 3 rings (SSSR count). The van der Waals surface area contributed by atoms with Gasteiger partial charge in [0.25, 0.3) is 0 Å². The molecule has 0 N–H and O–H groups in total. The van der Waals surface area contributed by atoms with Crippen LogP contribution in [0.2, 0.25) is 10.2 Å². The SMILES string of the molecule is CC(C)(C)c1oc(=O)n(-c2cc(OCC3CCCO3)c(Cl)cc2F)c1Cl. The lowest BCUT2D eigenvalue weighted by Gasteiger charge is -2.16. The second kappa shape index (κ2) is 7.25. The first-order valence-corrected chi connectivity index (χ1v) is 9.09. The summed E-state index contributed by atoms with van der Waals surface area (Å²) in [6.45, 7) is 6.53. The van der Waals surface area contributed by atoms with Gasteiger partial charge in [0.05, 0.1) is 16.8 Å². The van der Waals surface area contributed by atoms with Crippen molar-refractivity contribution in [2.45, 2.75) is 45.1 Å². The van der Waals surface area contributed by atoms with Crippen molar-refractivity contribution >= 4 is 23.2 Å². The van der Waals surface area contributed by atoms with Crippen LogP contribution in [-0.4, -0.2) is 23.9 Å². The topological polar surface area (TPSA) is 53.6 Å². The first-order valence-electron chi connectivity index (χ1n) is 8.34. The van der Waals surface area contributed by atoms with Crippen LogP contribution in [0.15, 0.2) is 21.3 Å². The Morgan fingerprint density at radius 3 is 2.65 bits per heavy atom. The van der Waals surface area contributed by atoms with Crippen molar-refractivity contribution < 1.29 is 18.3 Å². The molecule has 0 spiro atoms. The lowest BCUT2D eigenvalue weighted by Crippen LogP contribution is -2.17. The highest BCUT2D eigenvalue weighted by Gasteiger charge is 2.28. The maximum absolute atomic E-state index is 14.5. The van der Waals surface area contributed by atoms with Crippen LogP contribution < -0.4 is 10.5 Å². The van der Waals surface area contributed by atoms with Crippen molar-refractivity contribution in [1.82, 2.24) is 4.57 Å². The van der Waals surface area contributed by atoms with Gasteiger partial charge >= 0.3 is 5.76 Å². The summed E-state index contributed by atoms with van der Waals surface area (Å²) in [6, 6.07) is 2.44. The van der Waals surface area contributed by atoms with Crippen molar-refractivity contribution in [3.05, 3.63) is 44.4 Å². The highest BCUT2D eigenvalue weighted by Crippen LogP contribution is 2.34. The quantitative estimate of drug-likeness (QED) is 0.739. The molecular weight excluding hydrogens is 384 g/mol. The van der Waals surface area contributed by atoms with E-state index in [0.29, 0.717) is 13.2 Å². The van der Waals surface area contributed by atoms with Gasteiger partial charge in [0.2, 0.25) is 0 Å². The molecule has 5 nitrogen and oxygen atoms in total. The van der Waals surface area contributed by atoms with E-state index in [-0.39, 0.29) is 33.5 Å². The number of rotatable bonds is 4. The molecule has 1 aliphatic rings.